The van der Waals surface area contributed by atoms with Crippen LogP contribution >= 0.6 is 22.6 Å². The van der Waals surface area contributed by atoms with Crippen LogP contribution in [0.25, 0.3) is 0 Å². The molecule has 0 aliphatic heterocycles. The van der Waals surface area contributed by atoms with Crippen molar-refractivity contribution in [2.24, 2.45) is 0 Å². The number of halogens is 3. The van der Waals surface area contributed by atoms with E-state index in [0.29, 0.717) is 16.4 Å². The lowest BCUT2D eigenvalue weighted by Crippen LogP contribution is -2.32. The van der Waals surface area contributed by atoms with Crippen LogP contribution in [-0.2, 0) is 21.5 Å². The van der Waals surface area contributed by atoms with Crippen molar-refractivity contribution in [3.8, 4) is 0 Å². The van der Waals surface area contributed by atoms with Crippen molar-refractivity contribution < 1.29 is 27.0 Å². The van der Waals surface area contributed by atoms with Crippen molar-refractivity contribution in [3.05, 3.63) is 50.0 Å². The lowest BCUT2D eigenvalue weighted by atomic mass is 10.2. The first-order valence-corrected chi connectivity index (χ1v) is 11.5. The lowest BCUT2D eigenvalue weighted by Gasteiger charge is -2.21. The number of methoxy groups -OCH3 is 1. The number of anilines is 3. The number of aliphatic hydroxyl groups is 1. The minimum Gasteiger partial charge on any atom is -0.396 e. The van der Waals surface area contributed by atoms with Crippen LogP contribution < -0.4 is 15.6 Å². The first kappa shape index (κ1) is 22.9. The molecule has 1 saturated carbocycles. The van der Waals surface area contributed by atoms with E-state index in [1.807, 2.05) is 22.6 Å². The molecule has 8 nitrogen and oxygen atoms in total. The predicted octanol–water partition coefficient (Wildman–Crippen LogP) is 2.74. The maximum Gasteiger partial charge on any atom is 0.290 e. The summed E-state index contributed by atoms with van der Waals surface area (Å²) in [6.07, 6.45) is 1.81. The van der Waals surface area contributed by atoms with Crippen LogP contribution in [0.3, 0.4) is 0 Å². The van der Waals surface area contributed by atoms with E-state index < -0.39 is 37.7 Å². The number of benzene rings is 1. The third kappa shape index (κ3) is 4.45. The van der Waals surface area contributed by atoms with Gasteiger partial charge in [0.15, 0.2) is 0 Å². The van der Waals surface area contributed by atoms with E-state index >= 15 is 0 Å². The first-order valence-electron chi connectivity index (χ1n) is 8.91. The van der Waals surface area contributed by atoms with Crippen LogP contribution in [0.1, 0.15) is 19.3 Å². The van der Waals surface area contributed by atoms with Gasteiger partial charge in [0.1, 0.15) is 18.2 Å². The number of aliphatic hydroxyl groups excluding tert-OH is 1. The number of hydrogen-bond acceptors (Lipinski definition) is 6. The van der Waals surface area contributed by atoms with E-state index in [9.17, 15) is 27.1 Å². The maximum absolute atomic E-state index is 14.9. The van der Waals surface area contributed by atoms with Crippen LogP contribution in [0.15, 0.2) is 29.2 Å². The average Bonchev–Trinajstić information content (AvgIpc) is 3.46. The second-order valence-electron chi connectivity index (χ2n) is 6.94. The Balaban J connectivity index is 2.09. The number of nitrogens with zero attached hydrogens (tertiary/aromatic N) is 1. The molecule has 0 bridgehead atoms. The van der Waals surface area contributed by atoms with Gasteiger partial charge in [0, 0.05) is 23.5 Å². The second kappa shape index (κ2) is 8.77. The fourth-order valence-corrected chi connectivity index (χ4v) is 5.15. The third-order valence-electron chi connectivity index (χ3n) is 4.87. The largest absolute Gasteiger partial charge is 0.396 e. The molecule has 0 saturated heterocycles. The van der Waals surface area contributed by atoms with E-state index in [2.05, 4.69) is 10.0 Å². The predicted molar refractivity (Wildman–Crippen MR) is 116 cm³/mol. The summed E-state index contributed by atoms with van der Waals surface area (Å²) in [6.45, 7) is -0.637. The smallest absolute Gasteiger partial charge is 0.290 e. The molecule has 0 atom stereocenters. The molecule has 1 fully saturated rings. The molecule has 2 aromatic rings. The van der Waals surface area contributed by atoms with Gasteiger partial charge in [0.25, 0.3) is 5.56 Å². The van der Waals surface area contributed by atoms with Gasteiger partial charge in [0.05, 0.1) is 16.1 Å². The Morgan fingerprint density at radius 2 is 2.00 bits per heavy atom. The van der Waals surface area contributed by atoms with E-state index in [4.69, 9.17) is 4.74 Å². The zero-order chi connectivity index (χ0) is 22.1. The Hall–Kier alpha value is -1.77. The highest BCUT2D eigenvalue weighted by Gasteiger charge is 2.54. The number of aromatic nitrogens is 1. The third-order valence-corrected chi connectivity index (χ3v) is 7.78. The zero-order valence-corrected chi connectivity index (χ0v) is 18.9. The molecule has 12 heteroatoms. The summed E-state index contributed by atoms with van der Waals surface area (Å²) in [5.41, 5.74) is -1.97. The Bertz CT molecular complexity index is 1120. The summed E-state index contributed by atoms with van der Waals surface area (Å²) < 4.78 is 62.5. The molecule has 1 aliphatic carbocycles. The van der Waals surface area contributed by atoms with Gasteiger partial charge >= 0.3 is 0 Å². The number of rotatable bonds is 9. The number of hydrogen-bond donors (Lipinski definition) is 3. The fraction of sp³-hybridized carbons (Fsp3) is 0.389. The van der Waals surface area contributed by atoms with Crippen LogP contribution in [0, 0.1) is 15.2 Å². The molecule has 0 amide bonds. The molecule has 3 rings (SSSR count). The highest BCUT2D eigenvalue weighted by molar-refractivity contribution is 14.1. The standard InChI is InChI=1S/C18H20F2IN3O5S/c1-29-10-24-9-14(23-30(27,28)18(4-5-18)6-7-25)16(15(20)17(24)26)22-13-3-2-11(21)8-12(13)19/h2-3,8-9,22-23,25H,4-7,10H2,1H3. The van der Waals surface area contributed by atoms with Crippen molar-refractivity contribution >= 4 is 49.7 Å². The lowest BCUT2D eigenvalue weighted by molar-refractivity contribution is 0.127. The zero-order valence-electron chi connectivity index (χ0n) is 15.9. The van der Waals surface area contributed by atoms with E-state index in [-0.39, 0.29) is 31.1 Å². The highest BCUT2D eigenvalue weighted by Crippen LogP contribution is 2.47. The van der Waals surface area contributed by atoms with Crippen molar-refractivity contribution in [2.45, 2.75) is 30.7 Å². The maximum atomic E-state index is 14.9. The normalized spacial score (nSPS) is 15.1. The van der Waals surface area contributed by atoms with E-state index in [1.54, 1.807) is 6.07 Å². The molecule has 1 aromatic heterocycles. The molecule has 0 radical (unpaired) electrons. The minimum absolute atomic E-state index is 0.0248. The van der Waals surface area contributed by atoms with Crippen molar-refractivity contribution in [1.82, 2.24) is 4.57 Å². The van der Waals surface area contributed by atoms with Gasteiger partial charge in [-0.2, -0.15) is 4.39 Å². The summed E-state index contributed by atoms with van der Waals surface area (Å²) in [6, 6.07) is 4.13. The minimum atomic E-state index is -4.02. The molecular formula is C18H20F2IN3O5S. The van der Waals surface area contributed by atoms with Crippen molar-refractivity contribution in [3.63, 3.8) is 0 Å². The molecule has 1 aliphatic rings. The Labute approximate surface area is 185 Å². The molecule has 1 heterocycles. The van der Waals surface area contributed by atoms with Gasteiger partial charge in [-0.25, -0.2) is 12.8 Å². The van der Waals surface area contributed by atoms with Crippen LogP contribution in [0.5, 0.6) is 0 Å². The molecule has 164 valence electrons. The van der Waals surface area contributed by atoms with Gasteiger partial charge in [-0.15, -0.1) is 0 Å². The quantitative estimate of drug-likeness (QED) is 0.411. The summed E-state index contributed by atoms with van der Waals surface area (Å²) in [5.74, 6) is -1.99. The van der Waals surface area contributed by atoms with Crippen LogP contribution in [0.2, 0.25) is 0 Å². The van der Waals surface area contributed by atoms with Gasteiger partial charge in [-0.1, -0.05) is 0 Å². The van der Waals surface area contributed by atoms with Gasteiger partial charge in [-0.05, 0) is 60.1 Å². The fourth-order valence-electron chi connectivity index (χ4n) is 3.04. The van der Waals surface area contributed by atoms with E-state index in [0.717, 1.165) is 10.8 Å². The molecule has 0 spiro atoms. The van der Waals surface area contributed by atoms with Crippen LogP contribution in [0.4, 0.5) is 25.8 Å². The summed E-state index contributed by atoms with van der Waals surface area (Å²) in [7, 11) is -2.73. The molecule has 3 N–H and O–H groups in total. The Morgan fingerprint density at radius 1 is 1.30 bits per heavy atom. The molecule has 1 aromatic carbocycles. The summed E-state index contributed by atoms with van der Waals surface area (Å²) in [5, 5.41) is 11.7. The summed E-state index contributed by atoms with van der Waals surface area (Å²) >= 11 is 1.91. The SMILES string of the molecule is COCn1cc(NS(=O)(=O)C2(CCO)CC2)c(Nc2ccc(I)cc2F)c(F)c1=O. The van der Waals surface area contributed by atoms with Gasteiger partial charge < -0.3 is 15.2 Å². The summed E-state index contributed by atoms with van der Waals surface area (Å²) in [4.78, 5) is 12.3. The number of pyridine rings is 1. The number of nitrogens with one attached hydrogen (secondary N) is 2. The molecule has 30 heavy (non-hydrogen) atoms. The highest BCUT2D eigenvalue weighted by atomic mass is 127. The monoisotopic (exact) mass is 555 g/mol. The van der Waals surface area contributed by atoms with Crippen molar-refractivity contribution in [1.29, 1.82) is 0 Å². The van der Waals surface area contributed by atoms with Gasteiger partial charge in [-0.3, -0.25) is 14.1 Å². The number of ether oxygens (including phenoxy) is 1. The average molecular weight is 555 g/mol. The second-order valence-corrected chi connectivity index (χ2v) is 10.3. The topological polar surface area (TPSA) is 110 Å². The van der Waals surface area contributed by atoms with Crippen molar-refractivity contribution in [2.75, 3.05) is 23.8 Å². The molecule has 0 unspecified atom stereocenters. The van der Waals surface area contributed by atoms with Gasteiger partial charge in [0.2, 0.25) is 15.8 Å². The van der Waals surface area contributed by atoms with Crippen LogP contribution in [-0.4, -0.2) is 36.6 Å². The van der Waals surface area contributed by atoms with E-state index in [1.165, 1.54) is 19.2 Å². The molecular weight excluding hydrogens is 535 g/mol. The Morgan fingerprint density at radius 3 is 2.57 bits per heavy atom. The first-order chi connectivity index (χ1) is 14.1. The Kier molecular flexibility index (Phi) is 6.69. The number of sulfonamides is 1.